The lowest BCUT2D eigenvalue weighted by atomic mass is 10.2. The van der Waals surface area contributed by atoms with Gasteiger partial charge in [0.25, 0.3) is 5.91 Å². The van der Waals surface area contributed by atoms with E-state index in [4.69, 9.17) is 4.74 Å². The highest BCUT2D eigenvalue weighted by Gasteiger charge is 2.11. The lowest BCUT2D eigenvalue weighted by Gasteiger charge is -2.13. The summed E-state index contributed by atoms with van der Waals surface area (Å²) < 4.78 is 5.46. The van der Waals surface area contributed by atoms with Crippen molar-refractivity contribution in [1.82, 2.24) is 15.0 Å². The minimum Gasteiger partial charge on any atom is -0.377 e. The number of aryl methyl sites for hydroxylation is 1. The van der Waals surface area contributed by atoms with Gasteiger partial charge in [0.1, 0.15) is 0 Å². The topological polar surface area (TPSA) is 101 Å². The van der Waals surface area contributed by atoms with Crippen LogP contribution in [0, 0.1) is 6.92 Å². The van der Waals surface area contributed by atoms with Gasteiger partial charge in [-0.05, 0) is 39.0 Å². The third-order valence-electron chi connectivity index (χ3n) is 4.15. The second-order valence-electron chi connectivity index (χ2n) is 7.01. The Hall–Kier alpha value is -3.52. The average Bonchev–Trinajstić information content (AvgIpc) is 2.74. The normalized spacial score (nSPS) is 10.7. The van der Waals surface area contributed by atoms with Crippen molar-refractivity contribution in [2.75, 3.05) is 29.1 Å². The van der Waals surface area contributed by atoms with Crippen LogP contribution in [0.3, 0.4) is 0 Å². The standard InChI is InChI=1S/C22H26N6O2/c1-15(2)30-11-10-24-22-25-12-17(13-26-22)21(29)28-19-8-9-23-14-20(19)27-18-6-4-16(3)5-7-18/h4-9,12-15,27H,10-11H2,1-3H3,(H,23,28,29)(H,24,25,26). The molecule has 8 nitrogen and oxygen atoms in total. The highest BCUT2D eigenvalue weighted by molar-refractivity contribution is 6.05. The molecule has 0 unspecified atom stereocenters. The quantitative estimate of drug-likeness (QED) is 0.462. The number of hydrogen-bond acceptors (Lipinski definition) is 7. The fourth-order valence-corrected chi connectivity index (χ4v) is 2.58. The molecule has 3 N–H and O–H groups in total. The van der Waals surface area contributed by atoms with Crippen LogP contribution in [0.2, 0.25) is 0 Å². The first-order chi connectivity index (χ1) is 14.5. The van der Waals surface area contributed by atoms with Gasteiger partial charge in [-0.15, -0.1) is 0 Å². The van der Waals surface area contributed by atoms with Gasteiger partial charge in [-0.3, -0.25) is 9.78 Å². The van der Waals surface area contributed by atoms with Crippen molar-refractivity contribution in [1.29, 1.82) is 0 Å². The highest BCUT2D eigenvalue weighted by Crippen LogP contribution is 2.25. The van der Waals surface area contributed by atoms with E-state index in [0.29, 0.717) is 36.0 Å². The SMILES string of the molecule is Cc1ccc(Nc2cnccc2NC(=O)c2cnc(NCCOC(C)C)nc2)cc1. The number of hydrogen-bond donors (Lipinski definition) is 3. The number of benzene rings is 1. The number of pyridine rings is 1. The number of rotatable bonds is 9. The molecule has 0 aliphatic carbocycles. The van der Waals surface area contributed by atoms with Crippen molar-refractivity contribution in [3.05, 3.63) is 66.2 Å². The van der Waals surface area contributed by atoms with Gasteiger partial charge in [0.2, 0.25) is 5.95 Å². The van der Waals surface area contributed by atoms with Gasteiger partial charge in [0.05, 0.1) is 35.8 Å². The number of nitrogens with one attached hydrogen (secondary N) is 3. The van der Waals surface area contributed by atoms with E-state index in [0.717, 1.165) is 5.69 Å². The third kappa shape index (κ3) is 6.25. The summed E-state index contributed by atoms with van der Waals surface area (Å²) in [6.07, 6.45) is 6.44. The molecular formula is C22H26N6O2. The van der Waals surface area contributed by atoms with E-state index in [9.17, 15) is 4.79 Å². The van der Waals surface area contributed by atoms with Crippen LogP contribution < -0.4 is 16.0 Å². The van der Waals surface area contributed by atoms with Crippen molar-refractivity contribution in [3.8, 4) is 0 Å². The minimum absolute atomic E-state index is 0.178. The molecule has 2 heterocycles. The Morgan fingerprint density at radius 2 is 1.77 bits per heavy atom. The molecule has 0 radical (unpaired) electrons. The molecule has 2 aromatic heterocycles. The van der Waals surface area contributed by atoms with Crippen LogP contribution in [0.5, 0.6) is 0 Å². The largest absolute Gasteiger partial charge is 0.377 e. The zero-order valence-corrected chi connectivity index (χ0v) is 17.3. The van der Waals surface area contributed by atoms with Gasteiger partial charge >= 0.3 is 0 Å². The van der Waals surface area contributed by atoms with E-state index >= 15 is 0 Å². The third-order valence-corrected chi connectivity index (χ3v) is 4.15. The molecule has 0 aliphatic rings. The van der Waals surface area contributed by atoms with Gasteiger partial charge in [0, 0.05) is 30.8 Å². The van der Waals surface area contributed by atoms with Gasteiger partial charge in [-0.2, -0.15) is 0 Å². The summed E-state index contributed by atoms with van der Waals surface area (Å²) in [5.74, 6) is 0.146. The second kappa shape index (κ2) is 10.3. The van der Waals surface area contributed by atoms with Crippen LogP contribution in [-0.2, 0) is 4.74 Å². The van der Waals surface area contributed by atoms with Gasteiger partial charge < -0.3 is 20.7 Å². The molecule has 8 heteroatoms. The van der Waals surface area contributed by atoms with E-state index in [2.05, 4.69) is 30.9 Å². The summed E-state index contributed by atoms with van der Waals surface area (Å²) in [7, 11) is 0. The fraction of sp³-hybridized carbons (Fsp3) is 0.273. The molecule has 0 saturated heterocycles. The predicted octanol–water partition coefficient (Wildman–Crippen LogP) is 4.01. The molecule has 30 heavy (non-hydrogen) atoms. The maximum absolute atomic E-state index is 12.6. The Balaban J connectivity index is 1.61. The molecular weight excluding hydrogens is 380 g/mol. The molecule has 1 amide bonds. The average molecular weight is 406 g/mol. The predicted molar refractivity (Wildman–Crippen MR) is 118 cm³/mol. The number of ether oxygens (including phenoxy) is 1. The van der Waals surface area contributed by atoms with E-state index in [1.807, 2.05) is 45.0 Å². The number of nitrogens with zero attached hydrogens (tertiary/aromatic N) is 3. The highest BCUT2D eigenvalue weighted by atomic mass is 16.5. The number of aromatic nitrogens is 3. The lowest BCUT2D eigenvalue weighted by molar-refractivity contribution is 0.0869. The molecule has 3 aromatic rings. The zero-order valence-electron chi connectivity index (χ0n) is 17.3. The van der Waals surface area contributed by atoms with E-state index < -0.39 is 0 Å². The molecule has 3 rings (SSSR count). The number of carbonyl (C=O) groups is 1. The van der Waals surface area contributed by atoms with Crippen LogP contribution in [0.4, 0.5) is 23.0 Å². The molecule has 0 fully saturated rings. The van der Waals surface area contributed by atoms with E-state index in [1.54, 1.807) is 18.5 Å². The Labute approximate surface area is 176 Å². The molecule has 0 saturated carbocycles. The van der Waals surface area contributed by atoms with Crippen LogP contribution >= 0.6 is 0 Å². The Morgan fingerprint density at radius 1 is 1.03 bits per heavy atom. The summed E-state index contributed by atoms with van der Waals surface area (Å²) in [5.41, 5.74) is 3.75. The number of amides is 1. The summed E-state index contributed by atoms with van der Waals surface area (Å²) in [5, 5.41) is 9.21. The van der Waals surface area contributed by atoms with Crippen LogP contribution in [-0.4, -0.2) is 40.1 Å². The molecule has 156 valence electrons. The van der Waals surface area contributed by atoms with Crippen molar-refractivity contribution in [2.45, 2.75) is 26.9 Å². The van der Waals surface area contributed by atoms with Crippen molar-refractivity contribution in [2.24, 2.45) is 0 Å². The second-order valence-corrected chi connectivity index (χ2v) is 7.01. The van der Waals surface area contributed by atoms with E-state index in [-0.39, 0.29) is 12.0 Å². The van der Waals surface area contributed by atoms with Gasteiger partial charge in [-0.25, -0.2) is 9.97 Å². The summed E-state index contributed by atoms with van der Waals surface area (Å²) in [6.45, 7) is 7.14. The first-order valence-corrected chi connectivity index (χ1v) is 9.78. The molecule has 0 atom stereocenters. The fourth-order valence-electron chi connectivity index (χ4n) is 2.58. The van der Waals surface area contributed by atoms with Crippen molar-refractivity contribution >= 4 is 28.9 Å². The van der Waals surface area contributed by atoms with Crippen LogP contribution in [0.25, 0.3) is 0 Å². The molecule has 0 aliphatic heterocycles. The first kappa shape index (κ1) is 21.2. The lowest BCUT2D eigenvalue weighted by Crippen LogP contribution is -2.16. The van der Waals surface area contributed by atoms with Gasteiger partial charge in [0.15, 0.2) is 0 Å². The van der Waals surface area contributed by atoms with E-state index in [1.165, 1.54) is 18.0 Å². The maximum atomic E-state index is 12.6. The van der Waals surface area contributed by atoms with Crippen LogP contribution in [0.1, 0.15) is 29.8 Å². The maximum Gasteiger partial charge on any atom is 0.258 e. The van der Waals surface area contributed by atoms with Crippen molar-refractivity contribution < 1.29 is 9.53 Å². The number of anilines is 4. The molecule has 0 bridgehead atoms. The number of carbonyl (C=O) groups excluding carboxylic acids is 1. The first-order valence-electron chi connectivity index (χ1n) is 9.78. The molecule has 0 spiro atoms. The smallest absolute Gasteiger partial charge is 0.258 e. The monoisotopic (exact) mass is 406 g/mol. The van der Waals surface area contributed by atoms with Crippen LogP contribution in [0.15, 0.2) is 55.1 Å². The summed E-state index contributed by atoms with van der Waals surface area (Å²) >= 11 is 0. The van der Waals surface area contributed by atoms with Gasteiger partial charge in [-0.1, -0.05) is 17.7 Å². The Morgan fingerprint density at radius 3 is 2.47 bits per heavy atom. The Kier molecular flexibility index (Phi) is 7.29. The Bertz CT molecular complexity index is 958. The summed E-state index contributed by atoms with van der Waals surface area (Å²) in [4.78, 5) is 25.2. The summed E-state index contributed by atoms with van der Waals surface area (Å²) in [6, 6.07) is 9.71. The molecule has 1 aromatic carbocycles. The minimum atomic E-state index is -0.303. The van der Waals surface area contributed by atoms with Crippen molar-refractivity contribution in [3.63, 3.8) is 0 Å². The zero-order chi connectivity index (χ0) is 21.3.